The number of rotatable bonds is 49. The number of esters is 3. The summed E-state index contributed by atoms with van der Waals surface area (Å²) in [4.78, 5) is 51.1. The van der Waals surface area contributed by atoms with E-state index in [1.807, 2.05) is 18.2 Å². The quantitative estimate of drug-likeness (QED) is 0.0228. The van der Waals surface area contributed by atoms with Gasteiger partial charge in [-0.05, 0) is 116 Å². The normalized spacial score (nSPS) is 18.8. The molecule has 0 aromatic carbocycles. The van der Waals surface area contributed by atoms with Crippen LogP contribution in [0.4, 0.5) is 0 Å². The molecule has 1 saturated heterocycles. The highest BCUT2D eigenvalue weighted by atomic mass is 16.7. The summed E-state index contributed by atoms with van der Waals surface area (Å²) >= 11 is 0. The second kappa shape index (κ2) is 53.5. The highest BCUT2D eigenvalue weighted by molar-refractivity contribution is 5.74. The first kappa shape index (κ1) is 71.9. The van der Waals surface area contributed by atoms with Crippen LogP contribution in [0.2, 0.25) is 0 Å². The topological polar surface area (TPSA) is 175 Å². The van der Waals surface area contributed by atoms with Crippen LogP contribution >= 0.6 is 0 Å². The molecule has 444 valence electrons. The van der Waals surface area contributed by atoms with Crippen molar-refractivity contribution >= 4 is 23.9 Å². The van der Waals surface area contributed by atoms with Gasteiger partial charge in [-0.15, -0.1) is 0 Å². The van der Waals surface area contributed by atoms with Gasteiger partial charge in [-0.1, -0.05) is 212 Å². The van der Waals surface area contributed by atoms with Gasteiger partial charge in [-0.3, -0.25) is 14.4 Å². The molecule has 1 aliphatic rings. The van der Waals surface area contributed by atoms with E-state index in [1.165, 1.54) is 38.5 Å². The predicted molar refractivity (Wildman–Crippen MR) is 321 cm³/mol. The monoisotopic (exact) mass is 1100 g/mol. The Morgan fingerprint density at radius 1 is 0.443 bits per heavy atom. The third-order valence-corrected chi connectivity index (χ3v) is 12.7. The van der Waals surface area contributed by atoms with E-state index in [1.54, 1.807) is 6.08 Å². The molecule has 1 rings (SSSR count). The Kier molecular flexibility index (Phi) is 48.7. The Balaban J connectivity index is 2.77. The first-order chi connectivity index (χ1) is 38.6. The molecule has 0 bridgehead atoms. The molecule has 6 atom stereocenters. The van der Waals surface area contributed by atoms with E-state index in [2.05, 4.69) is 130 Å². The van der Waals surface area contributed by atoms with Crippen molar-refractivity contribution < 1.29 is 58.2 Å². The average molecular weight is 1100 g/mol. The number of carbonyl (C=O) groups excluding carboxylic acids is 3. The van der Waals surface area contributed by atoms with Crippen LogP contribution in [-0.2, 0) is 42.9 Å². The number of hydrogen-bond acceptors (Lipinski definition) is 11. The summed E-state index contributed by atoms with van der Waals surface area (Å²) in [6.45, 7) is 5.63. The highest BCUT2D eigenvalue weighted by Crippen LogP contribution is 2.26. The molecular formula is C67H104O12. The number of ether oxygens (including phenoxy) is 5. The van der Waals surface area contributed by atoms with Gasteiger partial charge >= 0.3 is 23.9 Å². The highest BCUT2D eigenvalue weighted by Gasteiger charge is 2.50. The number of aliphatic carboxylic acids is 1. The maximum atomic E-state index is 13.1. The van der Waals surface area contributed by atoms with Crippen molar-refractivity contribution in [2.45, 2.75) is 250 Å². The molecule has 1 heterocycles. The zero-order valence-electron chi connectivity index (χ0n) is 48.8. The SMILES string of the molecule is CC/C=C\C/C=C\C/C=C\C/C=C\C/C=C\CCCCCC(=O)OCC(COC1OC(C(=O)O)C(O)C(O)C1OC(=O)CCCCCCC/C=C\CCCCCCCC)OC(=O)C/C=C\C/C=C\C/C=C\C/C=C\C/C=C\CC. The van der Waals surface area contributed by atoms with Crippen molar-refractivity contribution in [1.29, 1.82) is 0 Å². The Labute approximate surface area is 477 Å². The molecule has 0 saturated carbocycles. The molecule has 1 aliphatic heterocycles. The average Bonchev–Trinajstić information content (AvgIpc) is 3.46. The number of aliphatic hydroxyl groups excluding tert-OH is 2. The van der Waals surface area contributed by atoms with Gasteiger partial charge in [0.15, 0.2) is 24.6 Å². The first-order valence-electron chi connectivity index (χ1n) is 30.2. The fourth-order valence-corrected chi connectivity index (χ4v) is 8.17. The fourth-order valence-electron chi connectivity index (χ4n) is 8.17. The molecule has 12 heteroatoms. The van der Waals surface area contributed by atoms with Crippen molar-refractivity contribution in [2.24, 2.45) is 0 Å². The van der Waals surface area contributed by atoms with Crippen molar-refractivity contribution in [1.82, 2.24) is 0 Å². The van der Waals surface area contributed by atoms with E-state index in [9.17, 15) is 34.5 Å². The summed E-state index contributed by atoms with van der Waals surface area (Å²) in [7, 11) is 0. The van der Waals surface area contributed by atoms with E-state index in [0.29, 0.717) is 19.3 Å². The number of carboxylic acids is 1. The molecular weight excluding hydrogens is 997 g/mol. The minimum Gasteiger partial charge on any atom is -0.479 e. The van der Waals surface area contributed by atoms with Crippen molar-refractivity contribution in [3.05, 3.63) is 134 Å². The molecule has 3 N–H and O–H groups in total. The zero-order chi connectivity index (χ0) is 57.5. The van der Waals surface area contributed by atoms with Crippen molar-refractivity contribution in [3.63, 3.8) is 0 Å². The summed E-state index contributed by atoms with van der Waals surface area (Å²) in [5, 5.41) is 31.5. The number of hydrogen-bond donors (Lipinski definition) is 3. The first-order valence-corrected chi connectivity index (χ1v) is 30.2. The predicted octanol–water partition coefficient (Wildman–Crippen LogP) is 15.8. The second-order valence-electron chi connectivity index (χ2n) is 19.9. The van der Waals surface area contributed by atoms with Crippen LogP contribution in [0.3, 0.4) is 0 Å². The summed E-state index contributed by atoms with van der Waals surface area (Å²) in [5.41, 5.74) is 0. The van der Waals surface area contributed by atoms with Crippen LogP contribution in [-0.4, -0.2) is 89.2 Å². The van der Waals surface area contributed by atoms with Gasteiger partial charge in [0.05, 0.1) is 13.0 Å². The maximum absolute atomic E-state index is 13.1. The van der Waals surface area contributed by atoms with Crippen LogP contribution < -0.4 is 0 Å². The van der Waals surface area contributed by atoms with E-state index >= 15 is 0 Å². The van der Waals surface area contributed by atoms with Crippen LogP contribution in [0.15, 0.2) is 134 Å². The Morgan fingerprint density at radius 2 is 0.835 bits per heavy atom. The van der Waals surface area contributed by atoms with Gasteiger partial charge in [0, 0.05) is 12.8 Å². The number of aliphatic hydroxyl groups is 2. The zero-order valence-corrected chi connectivity index (χ0v) is 48.8. The number of allylic oxidation sites excluding steroid dienone is 21. The minimum absolute atomic E-state index is 0.0297. The van der Waals surface area contributed by atoms with Crippen LogP contribution in [0.25, 0.3) is 0 Å². The molecule has 6 unspecified atom stereocenters. The summed E-state index contributed by atoms with van der Waals surface area (Å²) in [6, 6.07) is 0. The molecule has 0 aliphatic carbocycles. The lowest BCUT2D eigenvalue weighted by Crippen LogP contribution is -2.61. The third kappa shape index (κ3) is 43.4. The van der Waals surface area contributed by atoms with E-state index in [4.69, 9.17) is 23.7 Å². The van der Waals surface area contributed by atoms with Gasteiger partial charge in [0.1, 0.15) is 18.8 Å². The summed E-state index contributed by atoms with van der Waals surface area (Å²) in [6.07, 6.45) is 63.0. The Hall–Kier alpha value is -5.14. The van der Waals surface area contributed by atoms with E-state index in [-0.39, 0.29) is 25.9 Å². The summed E-state index contributed by atoms with van der Waals surface area (Å²) < 4.78 is 28.3. The molecule has 0 aromatic rings. The number of carboxylic acid groups (broad SMARTS) is 1. The second-order valence-corrected chi connectivity index (χ2v) is 19.9. The van der Waals surface area contributed by atoms with Gasteiger partial charge in [0.25, 0.3) is 0 Å². The van der Waals surface area contributed by atoms with E-state index < -0.39 is 67.3 Å². The summed E-state index contributed by atoms with van der Waals surface area (Å²) in [5.74, 6) is -3.36. The lowest BCUT2D eigenvalue weighted by atomic mass is 9.98. The Morgan fingerprint density at radius 3 is 1.30 bits per heavy atom. The maximum Gasteiger partial charge on any atom is 0.335 e. The van der Waals surface area contributed by atoms with Gasteiger partial charge in [0.2, 0.25) is 0 Å². The molecule has 79 heavy (non-hydrogen) atoms. The molecule has 1 fully saturated rings. The minimum atomic E-state index is -1.93. The molecule has 0 aromatic heterocycles. The lowest BCUT2D eigenvalue weighted by Gasteiger charge is -2.40. The van der Waals surface area contributed by atoms with Crippen molar-refractivity contribution in [3.8, 4) is 0 Å². The number of carbonyl (C=O) groups is 4. The molecule has 0 spiro atoms. The fraction of sp³-hybridized carbons (Fsp3) is 0.612. The largest absolute Gasteiger partial charge is 0.479 e. The van der Waals surface area contributed by atoms with Gasteiger partial charge in [-0.2, -0.15) is 0 Å². The molecule has 0 amide bonds. The standard InChI is InChI=1S/C67H104O12/c1-4-7-10-13-16-19-22-25-28-29-30-31-34-35-38-41-44-47-50-53-59(68)75-56-58(77-60(69)54-51-48-45-42-39-36-32-26-23-20-17-14-11-8-5-2)57-76-67-65(63(72)62(71)64(79-67)66(73)74)78-61(70)55-52-49-46-43-40-37-33-27-24-21-18-15-12-9-6-3/h7-8,10-11,16-17,19-20,25-28,30-33,35,38-39,42,48,51,58,62-65,67,71-72H,4-6,9,12-15,18,21-24,29,34,36-37,40-41,43-47,49-50,52-57H2,1-3H3,(H,73,74)/b10-7-,11-8-,19-16-,20-17-,28-25-,31-30-,32-26-,33-27-,38-35-,42-39-,51-48-. The van der Waals surface area contributed by atoms with E-state index in [0.717, 1.165) is 116 Å². The van der Waals surface area contributed by atoms with Crippen LogP contribution in [0, 0.1) is 0 Å². The van der Waals surface area contributed by atoms with Crippen molar-refractivity contribution in [2.75, 3.05) is 13.2 Å². The molecule has 12 nitrogen and oxygen atoms in total. The number of unbranched alkanes of at least 4 members (excludes halogenated alkanes) is 14. The lowest BCUT2D eigenvalue weighted by molar-refractivity contribution is -0.301. The Bertz CT molecular complexity index is 1880. The van der Waals surface area contributed by atoms with Gasteiger partial charge in [-0.25, -0.2) is 4.79 Å². The molecule has 0 radical (unpaired) electrons. The van der Waals surface area contributed by atoms with Crippen LogP contribution in [0.1, 0.15) is 213 Å². The van der Waals surface area contributed by atoms with Gasteiger partial charge < -0.3 is 39.0 Å². The smallest absolute Gasteiger partial charge is 0.335 e. The third-order valence-electron chi connectivity index (χ3n) is 12.7. The van der Waals surface area contributed by atoms with Crippen LogP contribution in [0.5, 0.6) is 0 Å².